The van der Waals surface area contributed by atoms with E-state index in [2.05, 4.69) is 5.32 Å². The molecule has 1 N–H and O–H groups in total. The zero-order valence-corrected chi connectivity index (χ0v) is 6.68. The zero-order valence-electron chi connectivity index (χ0n) is 6.68. The Balaban J connectivity index is 2.57. The molecule has 0 fully saturated rings. The van der Waals surface area contributed by atoms with Crippen molar-refractivity contribution >= 4 is 5.91 Å². The molecule has 3 heteroatoms. The molecule has 0 aliphatic rings. The lowest BCUT2D eigenvalue weighted by Gasteiger charge is -1.94. The highest BCUT2D eigenvalue weighted by Gasteiger charge is 2.03. The highest BCUT2D eigenvalue weighted by atomic mass is 16.3. The van der Waals surface area contributed by atoms with Crippen LogP contribution < -0.4 is 5.32 Å². The fraction of sp³-hybridized carbons (Fsp3) is 0.375. The molecular weight excluding hydrogens is 142 g/mol. The summed E-state index contributed by atoms with van der Waals surface area (Å²) in [6.07, 6.45) is 0.324. The van der Waals surface area contributed by atoms with Gasteiger partial charge in [-0.25, -0.2) is 0 Å². The lowest BCUT2D eigenvalue weighted by Crippen LogP contribution is -2.19. The second-order valence-electron chi connectivity index (χ2n) is 2.36. The Morgan fingerprint density at radius 2 is 2.36 bits per heavy atom. The van der Waals surface area contributed by atoms with Crippen LogP contribution in [0.3, 0.4) is 0 Å². The maximum absolute atomic E-state index is 10.8. The van der Waals surface area contributed by atoms with Crippen LogP contribution in [0.2, 0.25) is 0 Å². The van der Waals surface area contributed by atoms with E-state index < -0.39 is 0 Å². The SMILES string of the molecule is CNC(=O)Cc1ccc(C)o1. The maximum Gasteiger partial charge on any atom is 0.227 e. The molecule has 0 spiro atoms. The molecule has 3 nitrogen and oxygen atoms in total. The van der Waals surface area contributed by atoms with Crippen LogP contribution in [0.4, 0.5) is 0 Å². The Morgan fingerprint density at radius 1 is 1.64 bits per heavy atom. The zero-order chi connectivity index (χ0) is 8.27. The quantitative estimate of drug-likeness (QED) is 0.685. The standard InChI is InChI=1S/C8H11NO2/c1-6-3-4-7(11-6)5-8(10)9-2/h3-4H,5H2,1-2H3,(H,9,10). The monoisotopic (exact) mass is 153 g/mol. The lowest BCUT2D eigenvalue weighted by molar-refractivity contribution is -0.120. The predicted molar refractivity (Wildman–Crippen MR) is 41.2 cm³/mol. The van der Waals surface area contributed by atoms with Crippen molar-refractivity contribution in [3.8, 4) is 0 Å². The van der Waals surface area contributed by atoms with E-state index in [4.69, 9.17) is 4.42 Å². The summed E-state index contributed by atoms with van der Waals surface area (Å²) < 4.78 is 5.20. The number of hydrogen-bond donors (Lipinski definition) is 1. The Labute approximate surface area is 65.4 Å². The minimum Gasteiger partial charge on any atom is -0.466 e. The number of rotatable bonds is 2. The summed E-state index contributed by atoms with van der Waals surface area (Å²) in [6.45, 7) is 1.85. The van der Waals surface area contributed by atoms with Gasteiger partial charge in [0.2, 0.25) is 5.91 Å². The van der Waals surface area contributed by atoms with Crippen LogP contribution in [-0.4, -0.2) is 13.0 Å². The van der Waals surface area contributed by atoms with Crippen molar-refractivity contribution in [2.75, 3.05) is 7.05 Å². The van der Waals surface area contributed by atoms with Gasteiger partial charge >= 0.3 is 0 Å². The predicted octanol–water partition coefficient (Wildman–Crippen LogP) is 0.877. The molecule has 1 aromatic heterocycles. The number of furan rings is 1. The van der Waals surface area contributed by atoms with Crippen molar-refractivity contribution in [1.29, 1.82) is 0 Å². The van der Waals surface area contributed by atoms with Gasteiger partial charge in [0.25, 0.3) is 0 Å². The molecule has 0 aliphatic heterocycles. The summed E-state index contributed by atoms with van der Waals surface area (Å²) in [4.78, 5) is 10.8. The first-order chi connectivity index (χ1) is 5.22. The molecule has 0 aliphatic carbocycles. The van der Waals surface area contributed by atoms with Crippen LogP contribution in [0.5, 0.6) is 0 Å². The summed E-state index contributed by atoms with van der Waals surface area (Å²) in [6, 6.07) is 3.66. The van der Waals surface area contributed by atoms with Gasteiger partial charge in [0.15, 0.2) is 0 Å². The van der Waals surface area contributed by atoms with Crippen LogP contribution in [-0.2, 0) is 11.2 Å². The summed E-state index contributed by atoms with van der Waals surface area (Å²) >= 11 is 0. The van der Waals surface area contributed by atoms with Crippen LogP contribution in [0.1, 0.15) is 11.5 Å². The molecule has 1 heterocycles. The number of amides is 1. The van der Waals surface area contributed by atoms with Crippen molar-refractivity contribution in [2.45, 2.75) is 13.3 Å². The van der Waals surface area contributed by atoms with Gasteiger partial charge in [-0.05, 0) is 19.1 Å². The van der Waals surface area contributed by atoms with Crippen LogP contribution in [0, 0.1) is 6.92 Å². The van der Waals surface area contributed by atoms with Gasteiger partial charge in [-0.1, -0.05) is 0 Å². The molecule has 0 aromatic carbocycles. The van der Waals surface area contributed by atoms with Gasteiger partial charge in [0.05, 0.1) is 6.42 Å². The van der Waals surface area contributed by atoms with Crippen molar-refractivity contribution < 1.29 is 9.21 Å². The van der Waals surface area contributed by atoms with E-state index in [0.717, 1.165) is 5.76 Å². The van der Waals surface area contributed by atoms with Crippen LogP contribution in [0.25, 0.3) is 0 Å². The van der Waals surface area contributed by atoms with Gasteiger partial charge in [-0.3, -0.25) is 4.79 Å². The largest absolute Gasteiger partial charge is 0.466 e. The first-order valence-corrected chi connectivity index (χ1v) is 3.48. The summed E-state index contributed by atoms with van der Waals surface area (Å²) in [7, 11) is 1.61. The second-order valence-corrected chi connectivity index (χ2v) is 2.36. The maximum atomic E-state index is 10.8. The third-order valence-electron chi connectivity index (χ3n) is 1.41. The number of aryl methyl sites for hydroxylation is 1. The van der Waals surface area contributed by atoms with Gasteiger partial charge in [-0.2, -0.15) is 0 Å². The Morgan fingerprint density at radius 3 is 2.82 bits per heavy atom. The minimum absolute atomic E-state index is 0.0284. The van der Waals surface area contributed by atoms with Crippen LogP contribution in [0.15, 0.2) is 16.5 Å². The Kier molecular flexibility index (Phi) is 2.31. The highest BCUT2D eigenvalue weighted by molar-refractivity contribution is 5.77. The smallest absolute Gasteiger partial charge is 0.227 e. The molecule has 1 rings (SSSR count). The average molecular weight is 153 g/mol. The normalized spacial score (nSPS) is 9.64. The number of hydrogen-bond acceptors (Lipinski definition) is 2. The molecular formula is C8H11NO2. The topological polar surface area (TPSA) is 42.2 Å². The van der Waals surface area contributed by atoms with Gasteiger partial charge < -0.3 is 9.73 Å². The molecule has 0 saturated carbocycles. The summed E-state index contributed by atoms with van der Waals surface area (Å²) in [5.41, 5.74) is 0. The molecule has 0 bridgehead atoms. The van der Waals surface area contributed by atoms with E-state index >= 15 is 0 Å². The second kappa shape index (κ2) is 3.23. The van der Waals surface area contributed by atoms with Gasteiger partial charge in [0.1, 0.15) is 11.5 Å². The van der Waals surface area contributed by atoms with Crippen molar-refractivity contribution in [1.82, 2.24) is 5.32 Å². The van der Waals surface area contributed by atoms with Crippen molar-refractivity contribution in [3.63, 3.8) is 0 Å². The van der Waals surface area contributed by atoms with Gasteiger partial charge in [-0.15, -0.1) is 0 Å². The van der Waals surface area contributed by atoms with E-state index in [0.29, 0.717) is 12.2 Å². The molecule has 0 radical (unpaired) electrons. The molecule has 0 saturated heterocycles. The number of carbonyl (C=O) groups excluding carboxylic acids is 1. The third kappa shape index (κ3) is 2.11. The fourth-order valence-electron chi connectivity index (χ4n) is 0.827. The molecule has 1 aromatic rings. The number of carbonyl (C=O) groups is 1. The van der Waals surface area contributed by atoms with Crippen molar-refractivity contribution in [3.05, 3.63) is 23.7 Å². The lowest BCUT2D eigenvalue weighted by atomic mass is 10.3. The van der Waals surface area contributed by atoms with Crippen molar-refractivity contribution in [2.24, 2.45) is 0 Å². The van der Waals surface area contributed by atoms with Gasteiger partial charge in [0, 0.05) is 7.05 Å². The first kappa shape index (κ1) is 7.85. The van der Waals surface area contributed by atoms with E-state index in [9.17, 15) is 4.79 Å². The highest BCUT2D eigenvalue weighted by Crippen LogP contribution is 2.06. The Hall–Kier alpha value is -1.25. The molecule has 60 valence electrons. The molecule has 11 heavy (non-hydrogen) atoms. The molecule has 0 atom stereocenters. The van der Waals surface area contributed by atoms with E-state index in [1.54, 1.807) is 7.05 Å². The minimum atomic E-state index is -0.0284. The average Bonchev–Trinajstić information content (AvgIpc) is 2.35. The summed E-state index contributed by atoms with van der Waals surface area (Å²) in [5.74, 6) is 1.52. The number of likely N-dealkylation sites (N-methyl/N-ethyl adjacent to an activating group) is 1. The van der Waals surface area contributed by atoms with E-state index in [-0.39, 0.29) is 5.91 Å². The van der Waals surface area contributed by atoms with Crippen LogP contribution >= 0.6 is 0 Å². The fourth-order valence-corrected chi connectivity index (χ4v) is 0.827. The van der Waals surface area contributed by atoms with E-state index in [1.165, 1.54) is 0 Å². The van der Waals surface area contributed by atoms with E-state index in [1.807, 2.05) is 19.1 Å². The number of nitrogens with one attached hydrogen (secondary N) is 1. The molecule has 0 unspecified atom stereocenters. The summed E-state index contributed by atoms with van der Waals surface area (Å²) in [5, 5.41) is 2.52. The molecule has 1 amide bonds. The Bertz CT molecular complexity index is 252. The third-order valence-corrected chi connectivity index (χ3v) is 1.41. The first-order valence-electron chi connectivity index (χ1n) is 3.48.